The van der Waals surface area contributed by atoms with E-state index in [1.54, 1.807) is 18.2 Å². The molecule has 10 heteroatoms. The predicted molar refractivity (Wildman–Crippen MR) is 142 cm³/mol. The highest BCUT2D eigenvalue weighted by molar-refractivity contribution is 6.33. The zero-order chi connectivity index (χ0) is 24.4. The second kappa shape index (κ2) is 10.3. The molecule has 8 nitrogen and oxygen atoms in total. The fourth-order valence-electron chi connectivity index (χ4n) is 4.36. The summed E-state index contributed by atoms with van der Waals surface area (Å²) in [6.45, 7) is 5.96. The lowest BCUT2D eigenvalue weighted by atomic mass is 10.1. The number of amides is 1. The van der Waals surface area contributed by atoms with Gasteiger partial charge in [-0.15, -0.1) is 10.2 Å². The highest BCUT2D eigenvalue weighted by Gasteiger charge is 2.22. The van der Waals surface area contributed by atoms with Gasteiger partial charge in [0.1, 0.15) is 0 Å². The summed E-state index contributed by atoms with van der Waals surface area (Å²) in [4.78, 5) is 19.9. The zero-order valence-corrected chi connectivity index (χ0v) is 21.0. The van der Waals surface area contributed by atoms with Crippen molar-refractivity contribution in [3.05, 3.63) is 69.8 Å². The van der Waals surface area contributed by atoms with Crippen molar-refractivity contribution in [1.29, 1.82) is 0 Å². The molecule has 0 aliphatic carbocycles. The van der Waals surface area contributed by atoms with Crippen LogP contribution in [-0.4, -0.2) is 67.3 Å². The van der Waals surface area contributed by atoms with Gasteiger partial charge in [-0.25, -0.2) is 0 Å². The number of nitrogens with zero attached hydrogens (tertiary/aromatic N) is 5. The Kier molecular flexibility index (Phi) is 6.95. The molecule has 2 aliphatic heterocycles. The summed E-state index contributed by atoms with van der Waals surface area (Å²) < 4.78 is 0. The monoisotopic (exact) mass is 511 g/mol. The fraction of sp³-hybridized carbons (Fsp3) is 0.320. The number of carbonyl (C=O) groups excluding carboxylic acids is 1. The van der Waals surface area contributed by atoms with Crippen LogP contribution >= 0.6 is 23.2 Å². The summed E-state index contributed by atoms with van der Waals surface area (Å²) in [6.07, 6.45) is 0. The highest BCUT2D eigenvalue weighted by Crippen LogP contribution is 2.31. The number of halogens is 2. The van der Waals surface area contributed by atoms with Crippen LogP contribution in [-0.2, 0) is 6.54 Å². The van der Waals surface area contributed by atoms with Crippen LogP contribution in [0, 0.1) is 0 Å². The Hall–Kier alpha value is -3.07. The molecule has 2 N–H and O–H groups in total. The van der Waals surface area contributed by atoms with Gasteiger partial charge in [-0.3, -0.25) is 4.79 Å². The van der Waals surface area contributed by atoms with E-state index < -0.39 is 0 Å². The van der Waals surface area contributed by atoms with Crippen LogP contribution in [0.5, 0.6) is 0 Å². The first-order chi connectivity index (χ1) is 17.0. The SMILES string of the molecule is CN1CCN(c2cccc(NC(=O)c3cc4c(nn3)NCCN4Cc3cc(Cl)ccc3Cl)c2)CC1. The third kappa shape index (κ3) is 5.45. The Morgan fingerprint density at radius 1 is 1.03 bits per heavy atom. The van der Waals surface area contributed by atoms with E-state index in [0.29, 0.717) is 29.0 Å². The molecule has 1 saturated heterocycles. The summed E-state index contributed by atoms with van der Waals surface area (Å²) in [7, 11) is 2.13. The number of benzene rings is 2. The second-order valence-corrected chi connectivity index (χ2v) is 9.69. The number of likely N-dealkylation sites (N-methyl/N-ethyl adjacent to an activating group) is 1. The van der Waals surface area contributed by atoms with Crippen LogP contribution in [0.3, 0.4) is 0 Å². The fourth-order valence-corrected chi connectivity index (χ4v) is 4.74. The summed E-state index contributed by atoms with van der Waals surface area (Å²) in [5.41, 5.74) is 3.79. The Labute approximate surface area is 214 Å². The lowest BCUT2D eigenvalue weighted by Gasteiger charge is -2.34. The predicted octanol–water partition coefficient (Wildman–Crippen LogP) is 4.22. The number of aromatic nitrogens is 2. The number of piperazine rings is 1. The maximum absolute atomic E-state index is 13.1. The molecule has 182 valence electrons. The Balaban J connectivity index is 1.33. The Morgan fingerprint density at radius 2 is 1.86 bits per heavy atom. The smallest absolute Gasteiger partial charge is 0.276 e. The number of anilines is 4. The van der Waals surface area contributed by atoms with E-state index in [4.69, 9.17) is 23.2 Å². The summed E-state index contributed by atoms with van der Waals surface area (Å²) >= 11 is 12.6. The van der Waals surface area contributed by atoms with E-state index in [2.05, 4.69) is 48.6 Å². The molecule has 0 bridgehead atoms. The molecule has 5 rings (SSSR count). The first-order valence-electron chi connectivity index (χ1n) is 11.6. The number of fused-ring (bicyclic) bond motifs is 1. The van der Waals surface area contributed by atoms with Crippen LogP contribution in [0.4, 0.5) is 22.9 Å². The number of hydrogen-bond acceptors (Lipinski definition) is 7. The zero-order valence-electron chi connectivity index (χ0n) is 19.5. The molecule has 2 aromatic carbocycles. The number of hydrogen-bond donors (Lipinski definition) is 2. The first-order valence-corrected chi connectivity index (χ1v) is 12.4. The van der Waals surface area contributed by atoms with Gasteiger partial charge in [0.2, 0.25) is 0 Å². The van der Waals surface area contributed by atoms with Crippen LogP contribution in [0.25, 0.3) is 0 Å². The largest absolute Gasteiger partial charge is 0.369 e. The van der Waals surface area contributed by atoms with Gasteiger partial charge in [0.25, 0.3) is 5.91 Å². The van der Waals surface area contributed by atoms with E-state index in [0.717, 1.165) is 55.3 Å². The molecule has 2 aliphatic rings. The third-order valence-electron chi connectivity index (χ3n) is 6.36. The molecule has 0 radical (unpaired) electrons. The molecule has 3 aromatic rings. The van der Waals surface area contributed by atoms with Gasteiger partial charge in [-0.1, -0.05) is 29.3 Å². The molecule has 1 fully saturated rings. The standard InChI is InChI=1S/C25H27Cl2N7O/c1-32-9-11-33(12-10-32)20-4-2-3-19(14-20)29-25(35)22-15-23-24(31-30-22)28-7-8-34(23)16-17-13-18(26)5-6-21(17)27/h2-6,13-15H,7-12,16H2,1H3,(H,28,31)(H,29,35). The van der Waals surface area contributed by atoms with Crippen molar-refractivity contribution in [2.24, 2.45) is 0 Å². The first kappa shape index (κ1) is 23.7. The van der Waals surface area contributed by atoms with E-state index in [1.807, 2.05) is 24.3 Å². The Morgan fingerprint density at radius 3 is 2.69 bits per heavy atom. The molecule has 0 spiro atoms. The average Bonchev–Trinajstić information content (AvgIpc) is 2.87. The summed E-state index contributed by atoms with van der Waals surface area (Å²) in [5.74, 6) is 0.338. The van der Waals surface area contributed by atoms with Crippen molar-refractivity contribution in [2.45, 2.75) is 6.54 Å². The molecule has 35 heavy (non-hydrogen) atoms. The molecule has 0 unspecified atom stereocenters. The highest BCUT2D eigenvalue weighted by atomic mass is 35.5. The number of carbonyl (C=O) groups is 1. The van der Waals surface area contributed by atoms with Gasteiger partial charge in [0.05, 0.1) is 5.69 Å². The number of nitrogens with one attached hydrogen (secondary N) is 2. The van der Waals surface area contributed by atoms with E-state index >= 15 is 0 Å². The van der Waals surface area contributed by atoms with Gasteiger partial charge < -0.3 is 25.3 Å². The minimum Gasteiger partial charge on any atom is -0.369 e. The van der Waals surface area contributed by atoms with Gasteiger partial charge >= 0.3 is 0 Å². The minimum absolute atomic E-state index is 0.250. The molecule has 0 atom stereocenters. The van der Waals surface area contributed by atoms with Gasteiger partial charge in [0.15, 0.2) is 11.5 Å². The molecule has 1 amide bonds. The average molecular weight is 512 g/mol. The van der Waals surface area contributed by atoms with E-state index in [-0.39, 0.29) is 11.6 Å². The minimum atomic E-state index is -0.304. The van der Waals surface area contributed by atoms with Crippen molar-refractivity contribution >= 4 is 52.0 Å². The molecule has 3 heterocycles. The van der Waals surface area contributed by atoms with Crippen LogP contribution in [0.1, 0.15) is 16.1 Å². The maximum atomic E-state index is 13.1. The van der Waals surface area contributed by atoms with Crippen molar-refractivity contribution < 1.29 is 4.79 Å². The van der Waals surface area contributed by atoms with Crippen LogP contribution < -0.4 is 20.4 Å². The molecular formula is C25H27Cl2N7O. The molecule has 0 saturated carbocycles. The van der Waals surface area contributed by atoms with Crippen LogP contribution in [0.15, 0.2) is 48.5 Å². The molecule has 1 aromatic heterocycles. The third-order valence-corrected chi connectivity index (χ3v) is 6.97. The van der Waals surface area contributed by atoms with Crippen LogP contribution in [0.2, 0.25) is 10.0 Å². The molecular weight excluding hydrogens is 485 g/mol. The second-order valence-electron chi connectivity index (χ2n) is 8.84. The normalized spacial score (nSPS) is 16.0. The lowest BCUT2D eigenvalue weighted by Crippen LogP contribution is -2.44. The van der Waals surface area contributed by atoms with Crippen molar-refractivity contribution in [1.82, 2.24) is 15.1 Å². The lowest BCUT2D eigenvalue weighted by molar-refractivity contribution is 0.102. The van der Waals surface area contributed by atoms with Gasteiger partial charge in [-0.05, 0) is 55.1 Å². The van der Waals surface area contributed by atoms with Crippen molar-refractivity contribution in [3.63, 3.8) is 0 Å². The van der Waals surface area contributed by atoms with E-state index in [9.17, 15) is 4.79 Å². The Bertz CT molecular complexity index is 1230. The van der Waals surface area contributed by atoms with Crippen molar-refractivity contribution in [3.8, 4) is 0 Å². The van der Waals surface area contributed by atoms with Gasteiger partial charge in [-0.2, -0.15) is 0 Å². The topological polar surface area (TPSA) is 76.6 Å². The van der Waals surface area contributed by atoms with Gasteiger partial charge in [0, 0.05) is 67.2 Å². The summed E-state index contributed by atoms with van der Waals surface area (Å²) in [6, 6.07) is 15.1. The maximum Gasteiger partial charge on any atom is 0.276 e. The quantitative estimate of drug-likeness (QED) is 0.530. The van der Waals surface area contributed by atoms with Crippen molar-refractivity contribution in [2.75, 3.05) is 66.7 Å². The summed E-state index contributed by atoms with van der Waals surface area (Å²) in [5, 5.41) is 16.0. The number of rotatable bonds is 5. The van der Waals surface area contributed by atoms with E-state index in [1.165, 1.54) is 0 Å².